The highest BCUT2D eigenvalue weighted by molar-refractivity contribution is 6.51. The monoisotopic (exact) mass is 361 g/mol. The quantitative estimate of drug-likeness (QED) is 0.409. The molecule has 5 nitrogen and oxygen atoms in total. The lowest BCUT2D eigenvalue weighted by molar-refractivity contribution is -0.118. The lowest BCUT2D eigenvalue weighted by Gasteiger charge is -2.32. The molecule has 1 aliphatic rings. The van der Waals surface area contributed by atoms with Gasteiger partial charge in [-0.1, -0.05) is 42.4 Å². The summed E-state index contributed by atoms with van der Waals surface area (Å²) in [6, 6.07) is -0.0140. The van der Waals surface area contributed by atoms with Crippen molar-refractivity contribution in [1.82, 2.24) is 5.32 Å². The second-order valence-electron chi connectivity index (χ2n) is 7.46. The summed E-state index contributed by atoms with van der Waals surface area (Å²) in [5, 5.41) is 2.86. The van der Waals surface area contributed by atoms with Gasteiger partial charge in [-0.05, 0) is 41.5 Å². The van der Waals surface area contributed by atoms with Crippen LogP contribution in [0, 0.1) is 0 Å². The molecule has 6 heteroatoms. The van der Waals surface area contributed by atoms with Crippen LogP contribution in [0.1, 0.15) is 41.5 Å². The number of ether oxygens (including phenoxy) is 1. The standard InChI is InChI=1S/C20H32BNO4/c1-16(18(23)22-17(2)15-24-7)13-11-9-8-10-12-14-21-25-19(3,4)20(5,6)26-21/h8-14,17H,15H2,1-7H3,(H,22,23)/b10-8+,11-9+,14-12+,16-13+/t17-/m0/s1. The van der Waals surface area contributed by atoms with Crippen LogP contribution < -0.4 is 5.32 Å². The van der Waals surface area contributed by atoms with Gasteiger partial charge in [0.25, 0.3) is 0 Å². The Bertz CT molecular complexity index is 575. The number of nitrogens with one attached hydrogen (secondary N) is 1. The molecule has 1 fully saturated rings. The molecule has 0 aromatic rings. The Hall–Kier alpha value is -1.63. The first-order valence-electron chi connectivity index (χ1n) is 8.93. The molecule has 144 valence electrons. The largest absolute Gasteiger partial charge is 0.487 e. The molecule has 0 aliphatic carbocycles. The van der Waals surface area contributed by atoms with E-state index in [4.69, 9.17) is 14.0 Å². The van der Waals surface area contributed by atoms with Crippen molar-refractivity contribution in [3.05, 3.63) is 48.0 Å². The second kappa shape index (κ2) is 9.90. The van der Waals surface area contributed by atoms with E-state index in [1.807, 2.05) is 71.0 Å². The van der Waals surface area contributed by atoms with Crippen LogP contribution in [0.2, 0.25) is 0 Å². The first kappa shape index (κ1) is 22.4. The molecule has 1 aliphatic heterocycles. The Morgan fingerprint density at radius 3 is 2.19 bits per heavy atom. The number of hydrogen-bond donors (Lipinski definition) is 1. The molecule has 0 spiro atoms. The van der Waals surface area contributed by atoms with E-state index in [-0.39, 0.29) is 30.3 Å². The Morgan fingerprint density at radius 1 is 1.08 bits per heavy atom. The molecule has 0 aromatic heterocycles. The average molecular weight is 361 g/mol. The molecule has 0 aromatic carbocycles. The minimum Gasteiger partial charge on any atom is -0.400 e. The summed E-state index contributed by atoms with van der Waals surface area (Å²) in [7, 11) is 1.27. The summed E-state index contributed by atoms with van der Waals surface area (Å²) < 4.78 is 16.7. The highest BCUT2D eigenvalue weighted by Crippen LogP contribution is 2.36. The van der Waals surface area contributed by atoms with E-state index in [1.54, 1.807) is 20.1 Å². The highest BCUT2D eigenvalue weighted by atomic mass is 16.7. The van der Waals surface area contributed by atoms with Gasteiger partial charge < -0.3 is 19.4 Å². The van der Waals surface area contributed by atoms with Crippen LogP contribution >= 0.6 is 0 Å². The van der Waals surface area contributed by atoms with Crippen LogP contribution in [-0.4, -0.2) is 44.0 Å². The van der Waals surface area contributed by atoms with Gasteiger partial charge in [-0.3, -0.25) is 4.79 Å². The van der Waals surface area contributed by atoms with E-state index < -0.39 is 0 Å². The number of hydrogen-bond acceptors (Lipinski definition) is 4. The number of allylic oxidation sites excluding steroid dienone is 6. The van der Waals surface area contributed by atoms with E-state index in [9.17, 15) is 4.79 Å². The van der Waals surface area contributed by atoms with Gasteiger partial charge in [-0.2, -0.15) is 0 Å². The predicted octanol–water partition coefficient (Wildman–Crippen LogP) is 3.38. The summed E-state index contributed by atoms with van der Waals surface area (Å²) in [5.41, 5.74) is -0.00442. The lowest BCUT2D eigenvalue weighted by atomic mass is 9.90. The summed E-state index contributed by atoms with van der Waals surface area (Å²) in [5.74, 6) is 1.79. The van der Waals surface area contributed by atoms with Gasteiger partial charge in [0.15, 0.2) is 0 Å². The number of amides is 1. The number of rotatable bonds is 8. The molecule has 1 N–H and O–H groups in total. The number of methoxy groups -OCH3 is 1. The molecular formula is C20H32BNO4. The Kier molecular flexibility index (Phi) is 8.54. The maximum Gasteiger partial charge on any atom is 0.487 e. The normalized spacial score (nSPS) is 21.2. The summed E-state index contributed by atoms with van der Waals surface area (Å²) in [6.07, 6.45) is 11.1. The smallest absolute Gasteiger partial charge is 0.400 e. The summed E-state index contributed by atoms with van der Waals surface area (Å²) >= 11 is 0. The van der Waals surface area contributed by atoms with Crippen molar-refractivity contribution in [3.63, 3.8) is 0 Å². The van der Waals surface area contributed by atoms with Crippen molar-refractivity contribution >= 4 is 13.0 Å². The molecule has 0 saturated carbocycles. The van der Waals surface area contributed by atoms with Crippen LogP contribution in [0.15, 0.2) is 48.0 Å². The first-order chi connectivity index (χ1) is 12.1. The van der Waals surface area contributed by atoms with Gasteiger partial charge in [-0.25, -0.2) is 0 Å². The Balaban J connectivity index is 2.43. The fourth-order valence-electron chi connectivity index (χ4n) is 2.22. The Labute approximate surface area is 158 Å². The molecule has 1 saturated heterocycles. The minimum atomic E-state index is -0.339. The van der Waals surface area contributed by atoms with Crippen LogP contribution in [0.5, 0.6) is 0 Å². The van der Waals surface area contributed by atoms with Crippen molar-refractivity contribution in [2.45, 2.75) is 58.8 Å². The van der Waals surface area contributed by atoms with Gasteiger partial charge in [0.2, 0.25) is 5.91 Å². The van der Waals surface area contributed by atoms with Crippen molar-refractivity contribution in [2.75, 3.05) is 13.7 Å². The fraction of sp³-hybridized carbons (Fsp3) is 0.550. The van der Waals surface area contributed by atoms with E-state index in [2.05, 4.69) is 5.32 Å². The van der Waals surface area contributed by atoms with E-state index in [0.717, 1.165) is 0 Å². The molecule has 1 atom stereocenters. The molecule has 1 amide bonds. The van der Waals surface area contributed by atoms with Crippen molar-refractivity contribution in [2.24, 2.45) is 0 Å². The average Bonchev–Trinajstić information content (AvgIpc) is 2.73. The van der Waals surface area contributed by atoms with Gasteiger partial charge in [0, 0.05) is 18.7 Å². The molecule has 1 rings (SSSR count). The first-order valence-corrected chi connectivity index (χ1v) is 8.93. The topological polar surface area (TPSA) is 56.8 Å². The zero-order valence-corrected chi connectivity index (χ0v) is 17.0. The van der Waals surface area contributed by atoms with Crippen molar-refractivity contribution < 1.29 is 18.8 Å². The molecule has 0 unspecified atom stereocenters. The van der Waals surface area contributed by atoms with Crippen LogP contribution in [0.25, 0.3) is 0 Å². The highest BCUT2D eigenvalue weighted by Gasteiger charge is 2.49. The van der Waals surface area contributed by atoms with Crippen LogP contribution in [-0.2, 0) is 18.8 Å². The van der Waals surface area contributed by atoms with Crippen molar-refractivity contribution in [3.8, 4) is 0 Å². The van der Waals surface area contributed by atoms with Crippen molar-refractivity contribution in [1.29, 1.82) is 0 Å². The Morgan fingerprint density at radius 2 is 1.62 bits per heavy atom. The number of carbonyl (C=O) groups is 1. The third-order valence-electron chi connectivity index (χ3n) is 4.48. The number of carbonyl (C=O) groups excluding carboxylic acids is 1. The summed E-state index contributed by atoms with van der Waals surface area (Å²) in [6.45, 7) is 12.3. The zero-order valence-electron chi connectivity index (χ0n) is 17.0. The maximum atomic E-state index is 11.9. The molecule has 1 heterocycles. The van der Waals surface area contributed by atoms with E-state index >= 15 is 0 Å². The third-order valence-corrected chi connectivity index (χ3v) is 4.48. The van der Waals surface area contributed by atoms with Gasteiger partial charge in [-0.15, -0.1) is 0 Å². The molecule has 26 heavy (non-hydrogen) atoms. The predicted molar refractivity (Wildman–Crippen MR) is 107 cm³/mol. The van der Waals surface area contributed by atoms with E-state index in [0.29, 0.717) is 12.2 Å². The maximum absolute atomic E-state index is 11.9. The van der Waals surface area contributed by atoms with Crippen LogP contribution in [0.3, 0.4) is 0 Å². The van der Waals surface area contributed by atoms with Crippen LogP contribution in [0.4, 0.5) is 0 Å². The molecule has 0 bridgehead atoms. The second-order valence-corrected chi connectivity index (χ2v) is 7.46. The zero-order chi connectivity index (χ0) is 19.8. The lowest BCUT2D eigenvalue weighted by Crippen LogP contribution is -2.41. The van der Waals surface area contributed by atoms with Gasteiger partial charge >= 0.3 is 7.12 Å². The van der Waals surface area contributed by atoms with E-state index in [1.165, 1.54) is 0 Å². The minimum absolute atomic E-state index is 0.0140. The molecular weight excluding hydrogens is 329 g/mol. The fourth-order valence-corrected chi connectivity index (χ4v) is 2.22. The molecule has 0 radical (unpaired) electrons. The third kappa shape index (κ3) is 6.94. The van der Waals surface area contributed by atoms with Gasteiger partial charge in [0.05, 0.1) is 17.8 Å². The summed E-state index contributed by atoms with van der Waals surface area (Å²) in [4.78, 5) is 11.9. The SMILES string of the molecule is COC[C@H](C)NC(=O)/C(C)=C/C=C/C=C/C=C/B1OC(C)(C)C(C)(C)O1. The van der Waals surface area contributed by atoms with Gasteiger partial charge in [0.1, 0.15) is 0 Å².